The smallest absolute Gasteiger partial charge is 0.857 e. The Balaban J connectivity index is -0.0000000133. The second kappa shape index (κ2) is 65.0. The second-order valence-electron chi connectivity index (χ2n) is 0. The Labute approximate surface area is 61.8 Å². The van der Waals surface area contributed by atoms with Crippen LogP contribution in [-0.4, -0.2) is 52.0 Å². The molecule has 3 heteroatoms. The van der Waals surface area contributed by atoms with Gasteiger partial charge in [-0.1, -0.05) is 0 Å². The summed E-state index contributed by atoms with van der Waals surface area (Å²) in [4.78, 5) is 0. The van der Waals surface area contributed by atoms with Crippen LogP contribution in [0.1, 0.15) is 0 Å². The van der Waals surface area contributed by atoms with E-state index in [2.05, 4.69) is 0 Å². The quantitative estimate of drug-likeness (QED) is 0.319. The van der Waals surface area contributed by atoms with Crippen LogP contribution in [0.5, 0.6) is 0 Å². The van der Waals surface area contributed by atoms with Crippen molar-refractivity contribution in [3.63, 3.8) is 0 Å². The minimum atomic E-state index is 0. The van der Waals surface area contributed by atoms with Gasteiger partial charge < -0.3 is 10.2 Å². The summed E-state index contributed by atoms with van der Waals surface area (Å²) in [5.41, 5.74) is 0. The standard InChI is InChI=1S/2CH3O.Ca/c2*1-2;/h2*1H3;/q2*-1;+2. The predicted molar refractivity (Wildman–Crippen MR) is 17.6 cm³/mol. The van der Waals surface area contributed by atoms with Crippen molar-refractivity contribution >= 4 is 37.7 Å². The van der Waals surface area contributed by atoms with Crippen molar-refractivity contribution in [2.75, 3.05) is 14.2 Å². The zero-order chi connectivity index (χ0) is 4.00. The van der Waals surface area contributed by atoms with Crippen molar-refractivity contribution in [3.8, 4) is 0 Å². The Bertz CT molecular complexity index is 7.61. The van der Waals surface area contributed by atoms with Crippen molar-refractivity contribution < 1.29 is 10.2 Å². The van der Waals surface area contributed by atoms with Gasteiger partial charge in [-0.2, -0.15) is 14.2 Å². The van der Waals surface area contributed by atoms with Crippen LogP contribution in [0.2, 0.25) is 0 Å². The van der Waals surface area contributed by atoms with E-state index in [1.54, 1.807) is 0 Å². The van der Waals surface area contributed by atoms with E-state index in [0.29, 0.717) is 0 Å². The van der Waals surface area contributed by atoms with Gasteiger partial charge in [-0.15, -0.1) is 0 Å². The molecule has 0 aliphatic carbocycles. The molecule has 0 fully saturated rings. The van der Waals surface area contributed by atoms with Crippen LogP contribution >= 0.6 is 0 Å². The average Bonchev–Trinajstić information content (AvgIpc) is 1.50. The first-order valence-electron chi connectivity index (χ1n) is 0.816. The molecular weight excluding hydrogens is 96.1 g/mol. The van der Waals surface area contributed by atoms with E-state index in [1.165, 1.54) is 0 Å². The van der Waals surface area contributed by atoms with Crippen LogP contribution in [0.4, 0.5) is 0 Å². The van der Waals surface area contributed by atoms with Gasteiger partial charge in [0.2, 0.25) is 0 Å². The van der Waals surface area contributed by atoms with Crippen LogP contribution in [0, 0.1) is 0 Å². The van der Waals surface area contributed by atoms with E-state index in [1.807, 2.05) is 0 Å². The third kappa shape index (κ3) is 37.6. The largest absolute Gasteiger partial charge is 2.00 e. The number of rotatable bonds is 0. The molecular formula is C2H6CaO2. The third-order valence-electron chi connectivity index (χ3n) is 0. The van der Waals surface area contributed by atoms with Gasteiger partial charge in [0.15, 0.2) is 0 Å². The Kier molecular flexibility index (Phi) is 213. The van der Waals surface area contributed by atoms with Gasteiger partial charge in [0.1, 0.15) is 0 Å². The molecule has 0 saturated heterocycles. The normalized spacial score (nSPS) is 2.40. The van der Waals surface area contributed by atoms with Gasteiger partial charge in [-0.25, -0.2) is 0 Å². The average molecular weight is 102 g/mol. The zero-order valence-corrected chi connectivity index (χ0v) is 5.73. The summed E-state index contributed by atoms with van der Waals surface area (Å²) in [6.07, 6.45) is 0. The van der Waals surface area contributed by atoms with Crippen LogP contribution in [0.15, 0.2) is 0 Å². The number of hydrogen-bond acceptors (Lipinski definition) is 2. The van der Waals surface area contributed by atoms with Crippen molar-refractivity contribution in [2.45, 2.75) is 0 Å². The fourth-order valence-electron chi connectivity index (χ4n) is 0. The molecule has 0 unspecified atom stereocenters. The van der Waals surface area contributed by atoms with Crippen molar-refractivity contribution in [1.82, 2.24) is 0 Å². The summed E-state index contributed by atoms with van der Waals surface area (Å²) in [7, 11) is 1.50. The molecule has 0 N–H and O–H groups in total. The van der Waals surface area contributed by atoms with E-state index in [-0.39, 0.29) is 37.7 Å². The Hall–Kier alpha value is 1.18. The molecule has 0 aromatic heterocycles. The zero-order valence-electron chi connectivity index (χ0n) is 3.52. The molecule has 0 saturated carbocycles. The Morgan fingerprint density at radius 1 is 0.800 bits per heavy atom. The van der Waals surface area contributed by atoms with Gasteiger partial charge in [0.25, 0.3) is 0 Å². The molecule has 0 heterocycles. The summed E-state index contributed by atoms with van der Waals surface area (Å²) >= 11 is 0. The van der Waals surface area contributed by atoms with Gasteiger partial charge in [-0.05, 0) is 0 Å². The summed E-state index contributed by atoms with van der Waals surface area (Å²) < 4.78 is 0. The molecule has 0 aliphatic rings. The van der Waals surface area contributed by atoms with Crippen LogP contribution in [0.25, 0.3) is 0 Å². The van der Waals surface area contributed by atoms with E-state index < -0.39 is 0 Å². The van der Waals surface area contributed by atoms with Crippen LogP contribution < -0.4 is 10.2 Å². The molecule has 5 heavy (non-hydrogen) atoms. The van der Waals surface area contributed by atoms with Gasteiger partial charge in [0.05, 0.1) is 0 Å². The van der Waals surface area contributed by atoms with Crippen molar-refractivity contribution in [2.24, 2.45) is 0 Å². The molecule has 0 atom stereocenters. The first kappa shape index (κ1) is 16.4. The molecule has 28 valence electrons. The van der Waals surface area contributed by atoms with E-state index in [9.17, 15) is 0 Å². The first-order chi connectivity index (χ1) is 2.00. The maximum atomic E-state index is 8.25. The molecule has 0 aliphatic heterocycles. The maximum absolute atomic E-state index is 8.25. The van der Waals surface area contributed by atoms with Crippen molar-refractivity contribution in [1.29, 1.82) is 0 Å². The van der Waals surface area contributed by atoms with Crippen LogP contribution in [-0.2, 0) is 0 Å². The van der Waals surface area contributed by atoms with E-state index in [4.69, 9.17) is 10.2 Å². The molecule has 0 rings (SSSR count). The summed E-state index contributed by atoms with van der Waals surface area (Å²) in [5.74, 6) is 0. The Morgan fingerprint density at radius 3 is 0.800 bits per heavy atom. The molecule has 2 nitrogen and oxygen atoms in total. The van der Waals surface area contributed by atoms with Gasteiger partial charge >= 0.3 is 37.7 Å². The predicted octanol–water partition coefficient (Wildman–Crippen LogP) is -2.43. The second-order valence-corrected chi connectivity index (χ2v) is 0. The Morgan fingerprint density at radius 2 is 0.800 bits per heavy atom. The summed E-state index contributed by atoms with van der Waals surface area (Å²) in [6.45, 7) is 0. The van der Waals surface area contributed by atoms with Gasteiger partial charge in [0, 0.05) is 0 Å². The van der Waals surface area contributed by atoms with Crippen LogP contribution in [0.3, 0.4) is 0 Å². The third-order valence-corrected chi connectivity index (χ3v) is 0. The monoisotopic (exact) mass is 102 g/mol. The summed E-state index contributed by atoms with van der Waals surface area (Å²) in [6, 6.07) is 0. The van der Waals surface area contributed by atoms with E-state index in [0.717, 1.165) is 14.2 Å². The molecule has 0 radical (unpaired) electrons. The number of hydrogen-bond donors (Lipinski definition) is 0. The fraction of sp³-hybridized carbons (Fsp3) is 1.00. The SMILES string of the molecule is C[O-].C[O-].[Ca+2]. The topological polar surface area (TPSA) is 46.1 Å². The molecule has 0 spiro atoms. The van der Waals surface area contributed by atoms with Gasteiger partial charge in [-0.3, -0.25) is 0 Å². The molecule has 0 amide bonds. The minimum absolute atomic E-state index is 0. The molecule has 0 aromatic carbocycles. The first-order valence-corrected chi connectivity index (χ1v) is 0.816. The van der Waals surface area contributed by atoms with Crippen molar-refractivity contribution in [3.05, 3.63) is 0 Å². The fourth-order valence-corrected chi connectivity index (χ4v) is 0. The summed E-state index contributed by atoms with van der Waals surface area (Å²) in [5, 5.41) is 16.5. The minimum Gasteiger partial charge on any atom is -0.857 e. The molecule has 0 aromatic rings. The maximum Gasteiger partial charge on any atom is 2.00 e. The molecule has 0 bridgehead atoms. The van der Waals surface area contributed by atoms with E-state index >= 15 is 0 Å².